The topological polar surface area (TPSA) is 20.3 Å². The zero-order valence-corrected chi connectivity index (χ0v) is 13.5. The van der Waals surface area contributed by atoms with Gasteiger partial charge in [-0.25, -0.2) is 0 Å². The highest BCUT2D eigenvalue weighted by Gasteiger charge is 2.40. The molecule has 0 spiro atoms. The Morgan fingerprint density at radius 3 is 2.89 bits per heavy atom. The van der Waals surface area contributed by atoms with E-state index in [4.69, 9.17) is 0 Å². The Morgan fingerprint density at radius 1 is 1.50 bits per heavy atom. The Morgan fingerprint density at radius 2 is 2.33 bits per heavy atom. The van der Waals surface area contributed by atoms with Crippen LogP contribution >= 0.6 is 33.9 Å². The van der Waals surface area contributed by atoms with E-state index < -0.39 is 0 Å². The van der Waals surface area contributed by atoms with Crippen molar-refractivity contribution in [2.75, 3.05) is 13.6 Å². The van der Waals surface area contributed by atoms with E-state index in [9.17, 15) is 4.79 Å². The van der Waals surface area contributed by atoms with Gasteiger partial charge in [0.1, 0.15) is 0 Å². The second kappa shape index (κ2) is 5.12. The smallest absolute Gasteiger partial charge is 0.254 e. The largest absolute Gasteiger partial charge is 0.341 e. The van der Waals surface area contributed by atoms with E-state index in [0.717, 1.165) is 29.9 Å². The average Bonchev–Trinajstić information content (AvgIpc) is 3.03. The summed E-state index contributed by atoms with van der Waals surface area (Å²) in [4.78, 5) is 14.2. The third kappa shape index (κ3) is 2.46. The first-order chi connectivity index (χ1) is 8.63. The maximum absolute atomic E-state index is 12.3. The highest BCUT2D eigenvalue weighted by Crippen LogP contribution is 2.48. The van der Waals surface area contributed by atoms with E-state index in [1.807, 2.05) is 23.4 Å². The first-order valence-electron chi connectivity index (χ1n) is 6.63. The Bertz CT molecular complexity index is 458. The summed E-state index contributed by atoms with van der Waals surface area (Å²) in [7, 11) is 1.96. The van der Waals surface area contributed by atoms with E-state index in [0.29, 0.717) is 0 Å². The summed E-state index contributed by atoms with van der Waals surface area (Å²) in [6.07, 6.45) is 5.60. The molecule has 98 valence electrons. The molecule has 18 heavy (non-hydrogen) atoms. The van der Waals surface area contributed by atoms with Crippen LogP contribution in [-0.4, -0.2) is 24.4 Å². The van der Waals surface area contributed by atoms with E-state index in [1.54, 1.807) is 11.3 Å². The maximum Gasteiger partial charge on any atom is 0.254 e. The molecule has 1 aromatic heterocycles. The molecule has 2 aliphatic carbocycles. The van der Waals surface area contributed by atoms with E-state index >= 15 is 0 Å². The fourth-order valence-electron chi connectivity index (χ4n) is 3.68. The van der Waals surface area contributed by atoms with Crippen molar-refractivity contribution in [2.24, 2.45) is 17.8 Å². The molecule has 0 radical (unpaired) electrons. The van der Waals surface area contributed by atoms with Crippen LogP contribution in [0.15, 0.2) is 11.4 Å². The van der Waals surface area contributed by atoms with Gasteiger partial charge in [-0.1, -0.05) is 6.42 Å². The van der Waals surface area contributed by atoms with E-state index in [1.165, 1.54) is 28.6 Å². The van der Waals surface area contributed by atoms with Crippen LogP contribution < -0.4 is 0 Å². The summed E-state index contributed by atoms with van der Waals surface area (Å²) in [6, 6.07) is 1.99. The summed E-state index contributed by atoms with van der Waals surface area (Å²) in [5.74, 6) is 2.81. The summed E-state index contributed by atoms with van der Waals surface area (Å²) in [6.45, 7) is 0.951. The van der Waals surface area contributed by atoms with E-state index in [-0.39, 0.29) is 5.91 Å². The minimum atomic E-state index is 0.192. The number of thiophene rings is 1. The molecule has 0 saturated heterocycles. The number of carbonyl (C=O) groups is 1. The van der Waals surface area contributed by atoms with Gasteiger partial charge < -0.3 is 4.90 Å². The first-order valence-corrected chi connectivity index (χ1v) is 8.59. The zero-order chi connectivity index (χ0) is 12.7. The molecule has 0 aromatic carbocycles. The summed E-state index contributed by atoms with van der Waals surface area (Å²) >= 11 is 3.91. The van der Waals surface area contributed by atoms with E-state index in [2.05, 4.69) is 22.6 Å². The van der Waals surface area contributed by atoms with Crippen LogP contribution in [-0.2, 0) is 0 Å². The van der Waals surface area contributed by atoms with Crippen LogP contribution in [0.25, 0.3) is 0 Å². The van der Waals surface area contributed by atoms with Crippen molar-refractivity contribution in [3.63, 3.8) is 0 Å². The molecule has 0 N–H and O–H groups in total. The Kier molecular flexibility index (Phi) is 3.67. The minimum Gasteiger partial charge on any atom is -0.341 e. The van der Waals surface area contributed by atoms with Gasteiger partial charge in [0.25, 0.3) is 5.91 Å². The summed E-state index contributed by atoms with van der Waals surface area (Å²) < 4.78 is 1.18. The van der Waals surface area contributed by atoms with Crippen molar-refractivity contribution in [2.45, 2.75) is 25.7 Å². The summed E-state index contributed by atoms with van der Waals surface area (Å²) in [5, 5.41) is 1.97. The Labute approximate surface area is 126 Å². The second-order valence-corrected chi connectivity index (χ2v) is 8.57. The lowest BCUT2D eigenvalue weighted by Gasteiger charge is -2.27. The number of amides is 1. The number of carbonyl (C=O) groups excluding carboxylic acids is 1. The van der Waals surface area contributed by atoms with Crippen LogP contribution in [0.2, 0.25) is 0 Å². The molecule has 2 aliphatic rings. The lowest BCUT2D eigenvalue weighted by molar-refractivity contribution is 0.0755. The molecule has 2 nitrogen and oxygen atoms in total. The number of rotatable bonds is 3. The SMILES string of the molecule is CN(CC1CC2CCC1C2)C(=O)c1csc(I)c1. The molecule has 2 saturated carbocycles. The quantitative estimate of drug-likeness (QED) is 0.735. The van der Waals surface area contributed by atoms with Crippen molar-refractivity contribution in [3.8, 4) is 0 Å². The number of halogens is 1. The number of hydrogen-bond donors (Lipinski definition) is 0. The minimum absolute atomic E-state index is 0.192. The molecule has 3 atom stereocenters. The third-order valence-corrected chi connectivity index (χ3v) is 6.34. The zero-order valence-electron chi connectivity index (χ0n) is 10.6. The summed E-state index contributed by atoms with van der Waals surface area (Å²) in [5.41, 5.74) is 0.857. The lowest BCUT2D eigenvalue weighted by Crippen LogP contribution is -2.33. The predicted octanol–water partition coefficient (Wildman–Crippen LogP) is 3.86. The van der Waals surface area contributed by atoms with Crippen molar-refractivity contribution < 1.29 is 4.79 Å². The molecular weight excluding hydrogens is 357 g/mol. The van der Waals surface area contributed by atoms with Crippen LogP contribution in [0.3, 0.4) is 0 Å². The molecule has 4 heteroatoms. The van der Waals surface area contributed by atoms with Gasteiger partial charge in [-0.3, -0.25) is 4.79 Å². The number of hydrogen-bond acceptors (Lipinski definition) is 2. The highest BCUT2D eigenvalue weighted by molar-refractivity contribution is 14.1. The number of nitrogens with zero attached hydrogens (tertiary/aromatic N) is 1. The maximum atomic E-state index is 12.3. The highest BCUT2D eigenvalue weighted by atomic mass is 127. The van der Waals surface area contributed by atoms with Crippen LogP contribution in [0.4, 0.5) is 0 Å². The van der Waals surface area contributed by atoms with Gasteiger partial charge in [0.05, 0.1) is 8.45 Å². The van der Waals surface area contributed by atoms with Gasteiger partial charge in [-0.2, -0.15) is 0 Å². The number of fused-ring (bicyclic) bond motifs is 2. The molecule has 3 unspecified atom stereocenters. The third-order valence-electron chi connectivity index (χ3n) is 4.55. The van der Waals surface area contributed by atoms with Crippen molar-refractivity contribution in [3.05, 3.63) is 19.9 Å². The van der Waals surface area contributed by atoms with Gasteiger partial charge in [0.15, 0.2) is 0 Å². The van der Waals surface area contributed by atoms with Gasteiger partial charge in [0.2, 0.25) is 0 Å². The monoisotopic (exact) mass is 375 g/mol. The Hall–Kier alpha value is -0.100. The van der Waals surface area contributed by atoms with Crippen molar-refractivity contribution in [1.29, 1.82) is 0 Å². The molecular formula is C14H18INOS. The molecule has 1 amide bonds. The first kappa shape index (κ1) is 12.9. The lowest BCUT2D eigenvalue weighted by atomic mass is 9.88. The fourth-order valence-corrected chi connectivity index (χ4v) is 5.00. The van der Waals surface area contributed by atoms with Crippen molar-refractivity contribution >= 4 is 39.8 Å². The van der Waals surface area contributed by atoms with Gasteiger partial charge >= 0.3 is 0 Å². The van der Waals surface area contributed by atoms with Gasteiger partial charge in [-0.05, 0) is 65.7 Å². The van der Waals surface area contributed by atoms with Crippen LogP contribution in [0, 0.1) is 20.6 Å². The molecule has 1 heterocycles. The fraction of sp³-hybridized carbons (Fsp3) is 0.643. The standard InChI is InChI=1S/C14H18INOS/c1-16(14(17)12-6-13(15)18-8-12)7-11-5-9-2-3-10(11)4-9/h6,8-11H,2-5,7H2,1H3. The average molecular weight is 375 g/mol. The van der Waals surface area contributed by atoms with Crippen LogP contribution in [0.1, 0.15) is 36.0 Å². The Balaban J connectivity index is 1.61. The predicted molar refractivity (Wildman–Crippen MR) is 82.9 cm³/mol. The molecule has 1 aromatic rings. The molecule has 2 fully saturated rings. The molecule has 3 rings (SSSR count). The second-order valence-electron chi connectivity index (χ2n) is 5.76. The van der Waals surface area contributed by atoms with Gasteiger partial charge in [-0.15, -0.1) is 11.3 Å². The molecule has 2 bridgehead atoms. The van der Waals surface area contributed by atoms with Crippen LogP contribution in [0.5, 0.6) is 0 Å². The molecule has 0 aliphatic heterocycles. The van der Waals surface area contributed by atoms with Gasteiger partial charge in [0, 0.05) is 19.0 Å². The normalized spacial score (nSPS) is 29.8. The van der Waals surface area contributed by atoms with Crippen molar-refractivity contribution in [1.82, 2.24) is 4.90 Å².